The second kappa shape index (κ2) is 7.89. The molecule has 0 saturated heterocycles. The van der Waals surface area contributed by atoms with Gasteiger partial charge < -0.3 is 15.2 Å². The summed E-state index contributed by atoms with van der Waals surface area (Å²) in [5.41, 5.74) is 4.77. The molecule has 0 aliphatic carbocycles. The molecule has 0 atom stereocenters. The first-order valence-electron chi connectivity index (χ1n) is 8.12. The van der Waals surface area contributed by atoms with Crippen LogP contribution in [0.1, 0.15) is 32.5 Å². The second-order valence-electron chi connectivity index (χ2n) is 5.67. The number of carbonyl (C=O) groups excluding carboxylic acids is 2. The van der Waals surface area contributed by atoms with Gasteiger partial charge >= 0.3 is 5.97 Å². The Morgan fingerprint density at radius 3 is 2.39 bits per heavy atom. The number of ether oxygens (including phenoxy) is 2. The summed E-state index contributed by atoms with van der Waals surface area (Å²) in [6, 6.07) is 5.77. The minimum Gasteiger partial charge on any atom is -0.483 e. The Morgan fingerprint density at radius 1 is 1.11 bits per heavy atom. The maximum absolute atomic E-state index is 14.3. The summed E-state index contributed by atoms with van der Waals surface area (Å²) in [5.74, 6) is -5.35. The van der Waals surface area contributed by atoms with Crippen molar-refractivity contribution in [1.29, 1.82) is 0 Å². The fraction of sp³-hybridized carbons (Fsp3) is 0.158. The molecule has 9 heteroatoms. The predicted molar refractivity (Wildman–Crippen MR) is 96.9 cm³/mol. The molecule has 0 unspecified atom stereocenters. The number of hydrogen-bond donors (Lipinski definition) is 1. The summed E-state index contributed by atoms with van der Waals surface area (Å²) in [5, 5.41) is 0.116. The van der Waals surface area contributed by atoms with Crippen molar-refractivity contribution >= 4 is 33.3 Å². The third kappa shape index (κ3) is 3.65. The van der Waals surface area contributed by atoms with Gasteiger partial charge in [0, 0.05) is 21.2 Å². The van der Waals surface area contributed by atoms with Crippen LogP contribution in [0.2, 0.25) is 0 Å². The number of thiophene rings is 1. The zero-order valence-electron chi connectivity index (χ0n) is 14.6. The van der Waals surface area contributed by atoms with E-state index in [4.69, 9.17) is 15.2 Å². The normalized spacial score (nSPS) is 10.9. The lowest BCUT2D eigenvalue weighted by atomic mass is 10.1. The molecule has 0 aliphatic heterocycles. The third-order valence-electron chi connectivity index (χ3n) is 3.87. The predicted octanol–water partition coefficient (Wildman–Crippen LogP) is 4.17. The van der Waals surface area contributed by atoms with E-state index in [1.807, 2.05) is 0 Å². The number of hydrogen-bond acceptors (Lipinski definition) is 5. The number of rotatable bonds is 6. The molecule has 3 rings (SSSR count). The van der Waals surface area contributed by atoms with Crippen molar-refractivity contribution in [1.82, 2.24) is 0 Å². The topological polar surface area (TPSA) is 78.6 Å². The van der Waals surface area contributed by atoms with E-state index in [-0.39, 0.29) is 28.0 Å². The number of halogens is 3. The molecule has 1 amide bonds. The van der Waals surface area contributed by atoms with Gasteiger partial charge in [-0.15, -0.1) is 11.3 Å². The van der Waals surface area contributed by atoms with Gasteiger partial charge in [0.2, 0.25) is 5.91 Å². The highest BCUT2D eigenvalue weighted by Gasteiger charge is 2.23. The van der Waals surface area contributed by atoms with Gasteiger partial charge in [-0.1, -0.05) is 6.07 Å². The molecule has 0 saturated carbocycles. The number of amides is 1. The average Bonchev–Trinajstić information content (AvgIpc) is 3.01. The molecule has 0 bridgehead atoms. The van der Waals surface area contributed by atoms with Crippen LogP contribution in [-0.4, -0.2) is 18.5 Å². The number of esters is 1. The first-order chi connectivity index (χ1) is 13.3. The molecule has 1 aromatic heterocycles. The number of primary amides is 1. The standard InChI is InChI=1S/C19H14F3NO4S/c1-2-26-19(25)17-10(15-11(20)4-3-5-14(15)28-17)8-27-16-12(21)6-9(18(23)24)7-13(16)22/h3-7H,2,8H2,1H3,(H2,23,24). The summed E-state index contributed by atoms with van der Waals surface area (Å²) in [7, 11) is 0. The van der Waals surface area contributed by atoms with Gasteiger partial charge in [-0.2, -0.15) is 0 Å². The summed E-state index contributed by atoms with van der Waals surface area (Å²) in [6.45, 7) is 1.24. The van der Waals surface area contributed by atoms with Gasteiger partial charge in [-0.05, 0) is 31.2 Å². The fourth-order valence-electron chi connectivity index (χ4n) is 2.65. The Morgan fingerprint density at radius 2 is 1.79 bits per heavy atom. The number of benzene rings is 2. The molecule has 3 aromatic rings. The van der Waals surface area contributed by atoms with Crippen molar-refractivity contribution in [3.63, 3.8) is 0 Å². The Bertz CT molecular complexity index is 1060. The summed E-state index contributed by atoms with van der Waals surface area (Å²) in [4.78, 5) is 23.4. The van der Waals surface area contributed by atoms with Crippen molar-refractivity contribution in [2.45, 2.75) is 13.5 Å². The van der Waals surface area contributed by atoms with Gasteiger partial charge in [-0.3, -0.25) is 4.79 Å². The number of carbonyl (C=O) groups is 2. The van der Waals surface area contributed by atoms with Crippen molar-refractivity contribution in [3.05, 3.63) is 63.8 Å². The molecular formula is C19H14F3NO4S. The quantitative estimate of drug-likeness (QED) is 0.620. The van der Waals surface area contributed by atoms with Crippen LogP contribution in [0.5, 0.6) is 5.75 Å². The molecule has 28 heavy (non-hydrogen) atoms. The first kappa shape index (κ1) is 19.7. The van der Waals surface area contributed by atoms with Crippen molar-refractivity contribution < 1.29 is 32.2 Å². The lowest BCUT2D eigenvalue weighted by Gasteiger charge is -2.10. The smallest absolute Gasteiger partial charge is 0.348 e. The second-order valence-corrected chi connectivity index (χ2v) is 6.72. The van der Waals surface area contributed by atoms with Gasteiger partial charge in [0.1, 0.15) is 17.3 Å². The van der Waals surface area contributed by atoms with E-state index >= 15 is 0 Å². The van der Waals surface area contributed by atoms with E-state index in [1.165, 1.54) is 12.1 Å². The third-order valence-corrected chi connectivity index (χ3v) is 5.05. The van der Waals surface area contributed by atoms with E-state index in [0.29, 0.717) is 4.70 Å². The Labute approximate surface area is 161 Å². The van der Waals surface area contributed by atoms with E-state index in [1.54, 1.807) is 13.0 Å². The van der Waals surface area contributed by atoms with Crippen molar-refractivity contribution in [2.75, 3.05) is 6.61 Å². The molecule has 2 aromatic carbocycles. The van der Waals surface area contributed by atoms with Crippen LogP contribution in [0.4, 0.5) is 13.2 Å². The highest BCUT2D eigenvalue weighted by molar-refractivity contribution is 7.21. The molecule has 5 nitrogen and oxygen atoms in total. The molecule has 1 heterocycles. The highest BCUT2D eigenvalue weighted by Crippen LogP contribution is 2.35. The lowest BCUT2D eigenvalue weighted by molar-refractivity contribution is 0.0529. The van der Waals surface area contributed by atoms with Crippen LogP contribution in [0, 0.1) is 17.5 Å². The zero-order chi connectivity index (χ0) is 20.4. The number of nitrogens with two attached hydrogens (primary N) is 1. The maximum atomic E-state index is 14.3. The van der Waals surface area contributed by atoms with Crippen molar-refractivity contribution in [3.8, 4) is 5.75 Å². The van der Waals surface area contributed by atoms with E-state index in [0.717, 1.165) is 23.5 Å². The molecule has 0 radical (unpaired) electrons. The van der Waals surface area contributed by atoms with Gasteiger partial charge in [0.15, 0.2) is 17.4 Å². The molecule has 0 fully saturated rings. The Kier molecular flexibility index (Phi) is 5.55. The summed E-state index contributed by atoms with van der Waals surface area (Å²) >= 11 is 0.993. The highest BCUT2D eigenvalue weighted by atomic mass is 32.1. The Balaban J connectivity index is 2.02. The molecule has 146 valence electrons. The molecule has 0 spiro atoms. The van der Waals surface area contributed by atoms with Crippen LogP contribution in [0.25, 0.3) is 10.1 Å². The van der Waals surface area contributed by atoms with Crippen LogP contribution in [0.3, 0.4) is 0 Å². The van der Waals surface area contributed by atoms with E-state index in [9.17, 15) is 22.8 Å². The van der Waals surface area contributed by atoms with Crippen LogP contribution >= 0.6 is 11.3 Å². The van der Waals surface area contributed by atoms with Gasteiger partial charge in [0.25, 0.3) is 0 Å². The van der Waals surface area contributed by atoms with Crippen LogP contribution in [0.15, 0.2) is 30.3 Å². The van der Waals surface area contributed by atoms with Gasteiger partial charge in [-0.25, -0.2) is 18.0 Å². The maximum Gasteiger partial charge on any atom is 0.348 e. The van der Waals surface area contributed by atoms with Crippen LogP contribution in [-0.2, 0) is 11.3 Å². The fourth-order valence-corrected chi connectivity index (χ4v) is 3.77. The minimum atomic E-state index is -1.15. The monoisotopic (exact) mass is 409 g/mol. The van der Waals surface area contributed by atoms with Crippen molar-refractivity contribution in [2.24, 2.45) is 5.73 Å². The molecule has 0 aliphatic rings. The Hall–Kier alpha value is -3.07. The SMILES string of the molecule is CCOC(=O)c1sc2cccc(F)c2c1COc1c(F)cc(C(N)=O)cc1F. The van der Waals surface area contributed by atoms with E-state index in [2.05, 4.69) is 0 Å². The zero-order valence-corrected chi connectivity index (χ0v) is 15.4. The average molecular weight is 409 g/mol. The summed E-state index contributed by atoms with van der Waals surface area (Å²) < 4.78 is 53.3. The van der Waals surface area contributed by atoms with E-state index < -0.39 is 41.7 Å². The first-order valence-corrected chi connectivity index (χ1v) is 8.93. The van der Waals surface area contributed by atoms with Gasteiger partial charge in [0.05, 0.1) is 6.61 Å². The molecular weight excluding hydrogens is 395 g/mol. The van der Waals surface area contributed by atoms with Crippen LogP contribution < -0.4 is 10.5 Å². The lowest BCUT2D eigenvalue weighted by Crippen LogP contribution is -2.13. The molecule has 2 N–H and O–H groups in total. The number of fused-ring (bicyclic) bond motifs is 1. The largest absolute Gasteiger partial charge is 0.483 e. The minimum absolute atomic E-state index is 0.0801. The summed E-state index contributed by atoms with van der Waals surface area (Å²) in [6.07, 6.45) is 0.